The summed E-state index contributed by atoms with van der Waals surface area (Å²) < 4.78 is 28.1. The second-order valence-corrected chi connectivity index (χ2v) is 8.06. The number of nitrogen functional groups attached to an aromatic ring is 1. The van der Waals surface area contributed by atoms with Crippen LogP contribution in [0, 0.1) is 0 Å². The molecule has 1 amide bonds. The van der Waals surface area contributed by atoms with Crippen molar-refractivity contribution in [3.8, 4) is 5.75 Å². The Kier molecular flexibility index (Phi) is 5.85. The number of hydrogen-bond acceptors (Lipinski definition) is 7. The first-order chi connectivity index (χ1) is 9.73. The Morgan fingerprint density at radius 3 is 2.52 bits per heavy atom. The molecule has 21 heavy (non-hydrogen) atoms. The van der Waals surface area contributed by atoms with E-state index in [9.17, 15) is 13.2 Å². The minimum atomic E-state index is -3.05. The predicted molar refractivity (Wildman–Crippen MR) is 86.1 cm³/mol. The van der Waals surface area contributed by atoms with Crippen LogP contribution in [0.15, 0.2) is 0 Å². The standard InChI is InChI=1S/C12H21N3O4S2/c1-5-21(17,18)7-6-14-11-9(19-4)8(13)10(20-11)12(16)15(2)3/h14H,5-7,13H2,1-4H3. The van der Waals surface area contributed by atoms with Crippen LogP contribution in [-0.2, 0) is 9.84 Å². The molecule has 0 saturated heterocycles. The van der Waals surface area contributed by atoms with Crippen LogP contribution in [-0.4, -0.2) is 58.5 Å². The van der Waals surface area contributed by atoms with Crippen LogP contribution in [0.25, 0.3) is 0 Å². The van der Waals surface area contributed by atoms with Gasteiger partial charge in [0.15, 0.2) is 15.6 Å². The number of nitrogens with one attached hydrogen (secondary N) is 1. The summed E-state index contributed by atoms with van der Waals surface area (Å²) in [6, 6.07) is 0. The van der Waals surface area contributed by atoms with Crippen molar-refractivity contribution in [1.82, 2.24) is 4.90 Å². The van der Waals surface area contributed by atoms with Crippen molar-refractivity contribution in [2.24, 2.45) is 0 Å². The fourth-order valence-corrected chi connectivity index (χ4v) is 3.41. The quantitative estimate of drug-likeness (QED) is 0.767. The molecule has 0 atom stereocenters. The van der Waals surface area contributed by atoms with E-state index < -0.39 is 9.84 Å². The van der Waals surface area contributed by atoms with Gasteiger partial charge in [-0.3, -0.25) is 4.79 Å². The van der Waals surface area contributed by atoms with E-state index in [0.29, 0.717) is 15.6 Å². The second-order valence-electron chi connectivity index (χ2n) is 4.57. The van der Waals surface area contributed by atoms with Gasteiger partial charge in [0.2, 0.25) is 0 Å². The molecule has 1 rings (SSSR count). The van der Waals surface area contributed by atoms with Crippen molar-refractivity contribution < 1.29 is 17.9 Å². The lowest BCUT2D eigenvalue weighted by Gasteiger charge is -2.08. The van der Waals surface area contributed by atoms with Crippen LogP contribution in [0.2, 0.25) is 0 Å². The lowest BCUT2D eigenvalue weighted by atomic mass is 10.3. The molecule has 120 valence electrons. The Morgan fingerprint density at radius 1 is 1.43 bits per heavy atom. The number of thiophene rings is 1. The zero-order chi connectivity index (χ0) is 16.2. The molecule has 0 spiro atoms. The molecule has 7 nitrogen and oxygen atoms in total. The van der Waals surface area contributed by atoms with Crippen molar-refractivity contribution in [1.29, 1.82) is 0 Å². The number of nitrogens with zero attached hydrogens (tertiary/aromatic N) is 1. The van der Waals surface area contributed by atoms with E-state index in [1.165, 1.54) is 12.0 Å². The van der Waals surface area contributed by atoms with Crippen LogP contribution in [0.3, 0.4) is 0 Å². The first-order valence-electron chi connectivity index (χ1n) is 6.35. The van der Waals surface area contributed by atoms with Crippen LogP contribution >= 0.6 is 11.3 Å². The van der Waals surface area contributed by atoms with Crippen molar-refractivity contribution in [2.45, 2.75) is 6.92 Å². The molecule has 0 unspecified atom stereocenters. The molecule has 1 heterocycles. The van der Waals surface area contributed by atoms with E-state index in [1.807, 2.05) is 0 Å². The average molecular weight is 335 g/mol. The number of sulfone groups is 1. The third kappa shape index (κ3) is 4.24. The van der Waals surface area contributed by atoms with E-state index in [0.717, 1.165) is 11.3 Å². The highest BCUT2D eigenvalue weighted by atomic mass is 32.2. The largest absolute Gasteiger partial charge is 0.492 e. The first kappa shape index (κ1) is 17.6. The fourth-order valence-electron chi connectivity index (χ4n) is 1.57. The molecular formula is C12H21N3O4S2. The maximum absolute atomic E-state index is 12.0. The van der Waals surface area contributed by atoms with Gasteiger partial charge in [0.1, 0.15) is 15.6 Å². The number of nitrogens with two attached hydrogens (primary N) is 1. The molecular weight excluding hydrogens is 314 g/mol. The Balaban J connectivity index is 2.93. The number of rotatable bonds is 7. The Hall–Kier alpha value is -1.48. The van der Waals surface area contributed by atoms with Gasteiger partial charge < -0.3 is 20.7 Å². The lowest BCUT2D eigenvalue weighted by Crippen LogP contribution is -2.21. The minimum Gasteiger partial charge on any atom is -0.492 e. The number of anilines is 2. The smallest absolute Gasteiger partial charge is 0.265 e. The van der Waals surface area contributed by atoms with Gasteiger partial charge in [0, 0.05) is 26.4 Å². The summed E-state index contributed by atoms with van der Waals surface area (Å²) in [5, 5.41) is 3.53. The zero-order valence-corrected chi connectivity index (χ0v) is 14.2. The van der Waals surface area contributed by atoms with Gasteiger partial charge in [-0.15, -0.1) is 11.3 Å². The molecule has 0 aliphatic heterocycles. The first-order valence-corrected chi connectivity index (χ1v) is 8.99. The summed E-state index contributed by atoms with van der Waals surface area (Å²) >= 11 is 1.16. The van der Waals surface area contributed by atoms with E-state index in [-0.39, 0.29) is 29.6 Å². The van der Waals surface area contributed by atoms with Crippen LogP contribution in [0.5, 0.6) is 5.75 Å². The van der Waals surface area contributed by atoms with E-state index in [1.54, 1.807) is 21.0 Å². The number of methoxy groups -OCH3 is 1. The van der Waals surface area contributed by atoms with Crippen molar-refractivity contribution in [2.75, 3.05) is 50.3 Å². The van der Waals surface area contributed by atoms with Crippen LogP contribution < -0.4 is 15.8 Å². The molecule has 1 aromatic heterocycles. The predicted octanol–water partition coefficient (Wildman–Crippen LogP) is 0.887. The van der Waals surface area contributed by atoms with E-state index in [2.05, 4.69) is 5.32 Å². The Morgan fingerprint density at radius 2 is 2.05 bits per heavy atom. The third-order valence-electron chi connectivity index (χ3n) is 2.84. The number of hydrogen-bond donors (Lipinski definition) is 2. The monoisotopic (exact) mass is 335 g/mol. The minimum absolute atomic E-state index is 0.0153. The lowest BCUT2D eigenvalue weighted by molar-refractivity contribution is 0.0833. The van der Waals surface area contributed by atoms with E-state index in [4.69, 9.17) is 10.5 Å². The van der Waals surface area contributed by atoms with Gasteiger partial charge in [0.05, 0.1) is 12.9 Å². The normalized spacial score (nSPS) is 11.2. The molecule has 0 radical (unpaired) electrons. The van der Waals surface area contributed by atoms with Crippen LogP contribution in [0.4, 0.5) is 10.7 Å². The maximum Gasteiger partial charge on any atom is 0.265 e. The van der Waals surface area contributed by atoms with Gasteiger partial charge >= 0.3 is 0 Å². The summed E-state index contributed by atoms with van der Waals surface area (Å²) in [6.45, 7) is 1.84. The van der Waals surface area contributed by atoms with Gasteiger partial charge in [-0.2, -0.15) is 0 Å². The van der Waals surface area contributed by atoms with Crippen molar-refractivity contribution >= 4 is 37.8 Å². The van der Waals surface area contributed by atoms with Crippen molar-refractivity contribution in [3.63, 3.8) is 0 Å². The molecule has 9 heteroatoms. The highest BCUT2D eigenvalue weighted by molar-refractivity contribution is 7.91. The topological polar surface area (TPSA) is 102 Å². The van der Waals surface area contributed by atoms with Gasteiger partial charge in [-0.1, -0.05) is 6.92 Å². The molecule has 0 aliphatic rings. The fraction of sp³-hybridized carbons (Fsp3) is 0.583. The van der Waals surface area contributed by atoms with Crippen molar-refractivity contribution in [3.05, 3.63) is 4.88 Å². The van der Waals surface area contributed by atoms with Crippen LogP contribution in [0.1, 0.15) is 16.6 Å². The summed E-state index contributed by atoms with van der Waals surface area (Å²) in [5.74, 6) is 0.272. The molecule has 0 aromatic carbocycles. The summed E-state index contributed by atoms with van der Waals surface area (Å²) in [5.41, 5.74) is 6.18. The SMILES string of the molecule is CCS(=O)(=O)CCNc1sc(C(=O)N(C)C)c(N)c1OC. The number of ether oxygens (including phenoxy) is 1. The average Bonchev–Trinajstić information content (AvgIpc) is 2.73. The van der Waals surface area contributed by atoms with Gasteiger partial charge in [-0.05, 0) is 0 Å². The molecule has 0 saturated carbocycles. The van der Waals surface area contributed by atoms with E-state index >= 15 is 0 Å². The molecule has 3 N–H and O–H groups in total. The second kappa shape index (κ2) is 6.99. The Labute approximate surface area is 129 Å². The maximum atomic E-state index is 12.0. The highest BCUT2D eigenvalue weighted by Crippen LogP contribution is 2.42. The number of carbonyl (C=O) groups is 1. The highest BCUT2D eigenvalue weighted by Gasteiger charge is 2.23. The summed E-state index contributed by atoms with van der Waals surface area (Å²) in [4.78, 5) is 13.8. The third-order valence-corrected chi connectivity index (χ3v) is 5.68. The number of carbonyl (C=O) groups excluding carboxylic acids is 1. The summed E-state index contributed by atoms with van der Waals surface area (Å²) in [6.07, 6.45) is 0. The molecule has 0 fully saturated rings. The molecule has 1 aromatic rings. The zero-order valence-electron chi connectivity index (χ0n) is 12.6. The van der Waals surface area contributed by atoms with Gasteiger partial charge in [0.25, 0.3) is 5.91 Å². The Bertz CT molecular complexity index is 608. The summed E-state index contributed by atoms with van der Waals surface area (Å²) in [7, 11) is 1.67. The van der Waals surface area contributed by atoms with Gasteiger partial charge in [-0.25, -0.2) is 8.42 Å². The number of amides is 1. The molecule has 0 bridgehead atoms. The molecule has 0 aliphatic carbocycles.